The molecule has 0 saturated carbocycles. The number of carbonyl (C=O) groups is 1. The van der Waals surface area contributed by atoms with Crippen LogP contribution in [0.3, 0.4) is 0 Å². The van der Waals surface area contributed by atoms with Crippen molar-refractivity contribution in [3.8, 4) is 11.1 Å². The maximum atomic E-state index is 10.6. The zero-order valence-corrected chi connectivity index (χ0v) is 9.34. The summed E-state index contributed by atoms with van der Waals surface area (Å²) < 4.78 is 0. The fourth-order valence-corrected chi connectivity index (χ4v) is 1.60. The standard InChI is InChI=1S/C15H13NO/c16-15(17)11-8-12-6-9-14(10-7-12)13-4-2-1-3-5-13/h1-11H,(H2,16,17)/b11-8-. The molecule has 0 saturated heterocycles. The lowest BCUT2D eigenvalue weighted by molar-refractivity contribution is -0.113. The maximum Gasteiger partial charge on any atom is 0.241 e. The summed E-state index contributed by atoms with van der Waals surface area (Å²) in [5.74, 6) is -0.433. The average molecular weight is 223 g/mol. The summed E-state index contributed by atoms with van der Waals surface area (Å²) in [5.41, 5.74) is 8.33. The summed E-state index contributed by atoms with van der Waals surface area (Å²) >= 11 is 0. The van der Waals surface area contributed by atoms with E-state index in [1.165, 1.54) is 11.6 Å². The van der Waals surface area contributed by atoms with Gasteiger partial charge in [-0.3, -0.25) is 4.79 Å². The third-order valence-corrected chi connectivity index (χ3v) is 2.46. The molecule has 0 aliphatic rings. The molecular weight excluding hydrogens is 210 g/mol. The van der Waals surface area contributed by atoms with Crippen LogP contribution in [0.5, 0.6) is 0 Å². The van der Waals surface area contributed by atoms with Crippen LogP contribution in [0.2, 0.25) is 0 Å². The minimum absolute atomic E-state index is 0.433. The van der Waals surface area contributed by atoms with Gasteiger partial charge in [-0.15, -0.1) is 0 Å². The Morgan fingerprint density at radius 1 is 0.882 bits per heavy atom. The lowest BCUT2D eigenvalue weighted by Gasteiger charge is -2.01. The van der Waals surface area contributed by atoms with Crippen LogP contribution >= 0.6 is 0 Å². The molecule has 0 fully saturated rings. The third-order valence-electron chi connectivity index (χ3n) is 2.46. The number of primary amides is 1. The van der Waals surface area contributed by atoms with Gasteiger partial charge in [-0.1, -0.05) is 54.6 Å². The van der Waals surface area contributed by atoms with Crippen LogP contribution < -0.4 is 5.73 Å². The van der Waals surface area contributed by atoms with Crippen molar-refractivity contribution in [1.82, 2.24) is 0 Å². The van der Waals surface area contributed by atoms with Crippen LogP contribution in [0, 0.1) is 0 Å². The third kappa shape index (κ3) is 3.05. The predicted octanol–water partition coefficient (Wildman–Crippen LogP) is 2.85. The van der Waals surface area contributed by atoms with Crippen molar-refractivity contribution in [1.29, 1.82) is 0 Å². The van der Waals surface area contributed by atoms with Gasteiger partial charge in [-0.25, -0.2) is 0 Å². The number of benzene rings is 2. The van der Waals surface area contributed by atoms with Gasteiger partial charge in [-0.05, 0) is 22.8 Å². The Kier molecular flexibility index (Phi) is 3.36. The molecular formula is C15H13NO. The molecule has 84 valence electrons. The van der Waals surface area contributed by atoms with E-state index in [4.69, 9.17) is 5.73 Å². The molecule has 2 N–H and O–H groups in total. The molecule has 0 aliphatic carbocycles. The molecule has 2 heteroatoms. The summed E-state index contributed by atoms with van der Waals surface area (Å²) in [6.07, 6.45) is 3.06. The molecule has 0 aliphatic heterocycles. The number of nitrogens with two attached hydrogens (primary N) is 1. The van der Waals surface area contributed by atoms with Crippen molar-refractivity contribution < 1.29 is 4.79 Å². The van der Waals surface area contributed by atoms with Gasteiger partial charge in [0.25, 0.3) is 0 Å². The first-order valence-corrected chi connectivity index (χ1v) is 5.39. The minimum Gasteiger partial charge on any atom is -0.366 e. The van der Waals surface area contributed by atoms with Crippen molar-refractivity contribution in [3.05, 3.63) is 66.2 Å². The second kappa shape index (κ2) is 5.12. The Labute approximate surface area is 100 Å². The molecule has 0 aromatic heterocycles. The molecule has 2 rings (SSSR count). The molecule has 0 radical (unpaired) electrons. The van der Waals surface area contributed by atoms with Crippen LogP contribution in [0.4, 0.5) is 0 Å². The number of rotatable bonds is 3. The minimum atomic E-state index is -0.433. The largest absolute Gasteiger partial charge is 0.366 e. The van der Waals surface area contributed by atoms with E-state index in [0.717, 1.165) is 11.1 Å². The normalized spacial score (nSPS) is 10.6. The molecule has 0 bridgehead atoms. The first-order valence-electron chi connectivity index (χ1n) is 5.39. The van der Waals surface area contributed by atoms with E-state index in [-0.39, 0.29) is 0 Å². The van der Waals surface area contributed by atoms with Gasteiger partial charge in [0.2, 0.25) is 5.91 Å². The van der Waals surface area contributed by atoms with Gasteiger partial charge < -0.3 is 5.73 Å². The van der Waals surface area contributed by atoms with E-state index in [2.05, 4.69) is 12.1 Å². The van der Waals surface area contributed by atoms with Crippen molar-refractivity contribution >= 4 is 12.0 Å². The predicted molar refractivity (Wildman–Crippen MR) is 70.1 cm³/mol. The van der Waals surface area contributed by atoms with Crippen molar-refractivity contribution in [2.24, 2.45) is 5.73 Å². The lowest BCUT2D eigenvalue weighted by atomic mass is 10.0. The van der Waals surface area contributed by atoms with Gasteiger partial charge >= 0.3 is 0 Å². The fraction of sp³-hybridized carbons (Fsp3) is 0. The van der Waals surface area contributed by atoms with Crippen LogP contribution in [0.15, 0.2) is 60.7 Å². The second-order valence-corrected chi connectivity index (χ2v) is 3.72. The molecule has 17 heavy (non-hydrogen) atoms. The number of hydrogen-bond acceptors (Lipinski definition) is 1. The molecule has 2 nitrogen and oxygen atoms in total. The topological polar surface area (TPSA) is 43.1 Å². The highest BCUT2D eigenvalue weighted by Gasteiger charge is 1.95. The van der Waals surface area contributed by atoms with E-state index < -0.39 is 5.91 Å². The molecule has 2 aromatic rings. The van der Waals surface area contributed by atoms with Crippen molar-refractivity contribution in [3.63, 3.8) is 0 Å². The van der Waals surface area contributed by atoms with Crippen molar-refractivity contribution in [2.75, 3.05) is 0 Å². The first-order chi connectivity index (χ1) is 8.25. The quantitative estimate of drug-likeness (QED) is 0.799. The Hall–Kier alpha value is -2.35. The first kappa shape index (κ1) is 11.1. The Bertz CT molecular complexity index is 527. The maximum absolute atomic E-state index is 10.6. The second-order valence-electron chi connectivity index (χ2n) is 3.72. The summed E-state index contributed by atoms with van der Waals surface area (Å²) in [7, 11) is 0. The highest BCUT2D eigenvalue weighted by Crippen LogP contribution is 2.19. The Morgan fingerprint density at radius 2 is 1.47 bits per heavy atom. The zero-order chi connectivity index (χ0) is 12.1. The van der Waals surface area contributed by atoms with Gasteiger partial charge in [0, 0.05) is 6.08 Å². The van der Waals surface area contributed by atoms with Crippen LogP contribution in [0.25, 0.3) is 17.2 Å². The molecule has 0 unspecified atom stereocenters. The van der Waals surface area contributed by atoms with Crippen LogP contribution in [-0.2, 0) is 4.79 Å². The highest BCUT2D eigenvalue weighted by molar-refractivity contribution is 5.90. The zero-order valence-electron chi connectivity index (χ0n) is 9.34. The van der Waals surface area contributed by atoms with Crippen LogP contribution in [0.1, 0.15) is 5.56 Å². The molecule has 0 spiro atoms. The van der Waals surface area contributed by atoms with E-state index in [1.54, 1.807) is 6.08 Å². The van der Waals surface area contributed by atoms with E-state index in [0.29, 0.717) is 0 Å². The van der Waals surface area contributed by atoms with Gasteiger partial charge in [0.1, 0.15) is 0 Å². The number of hydrogen-bond donors (Lipinski definition) is 1. The molecule has 0 heterocycles. The summed E-state index contributed by atoms with van der Waals surface area (Å²) in [6, 6.07) is 18.1. The Balaban J connectivity index is 2.22. The van der Waals surface area contributed by atoms with E-state index in [1.807, 2.05) is 42.5 Å². The Morgan fingerprint density at radius 3 is 2.06 bits per heavy atom. The summed E-state index contributed by atoms with van der Waals surface area (Å²) in [4.78, 5) is 10.6. The molecule has 0 atom stereocenters. The molecule has 2 aromatic carbocycles. The van der Waals surface area contributed by atoms with Crippen LogP contribution in [-0.4, -0.2) is 5.91 Å². The van der Waals surface area contributed by atoms with Gasteiger partial charge in [-0.2, -0.15) is 0 Å². The van der Waals surface area contributed by atoms with Crippen molar-refractivity contribution in [2.45, 2.75) is 0 Å². The summed E-state index contributed by atoms with van der Waals surface area (Å²) in [6.45, 7) is 0. The SMILES string of the molecule is NC(=O)/C=C\c1ccc(-c2ccccc2)cc1. The van der Waals surface area contributed by atoms with Gasteiger partial charge in [0.15, 0.2) is 0 Å². The average Bonchev–Trinajstić information content (AvgIpc) is 2.38. The van der Waals surface area contributed by atoms with E-state index in [9.17, 15) is 4.79 Å². The number of carbonyl (C=O) groups excluding carboxylic acids is 1. The fourth-order valence-electron chi connectivity index (χ4n) is 1.60. The van der Waals surface area contributed by atoms with E-state index >= 15 is 0 Å². The number of amides is 1. The smallest absolute Gasteiger partial charge is 0.241 e. The highest BCUT2D eigenvalue weighted by atomic mass is 16.1. The van der Waals surface area contributed by atoms with Gasteiger partial charge in [0.05, 0.1) is 0 Å². The monoisotopic (exact) mass is 223 g/mol. The molecule has 1 amide bonds. The lowest BCUT2D eigenvalue weighted by Crippen LogP contribution is -2.04. The summed E-state index contributed by atoms with van der Waals surface area (Å²) in [5, 5.41) is 0.